The van der Waals surface area contributed by atoms with Crippen LogP contribution in [0.5, 0.6) is 5.75 Å². The van der Waals surface area contributed by atoms with Crippen LogP contribution in [0.25, 0.3) is 0 Å². The Hall–Kier alpha value is -3.27. The van der Waals surface area contributed by atoms with Crippen molar-refractivity contribution in [3.63, 3.8) is 0 Å². The number of carbonyl (C=O) groups excluding carboxylic acids is 1. The summed E-state index contributed by atoms with van der Waals surface area (Å²) in [5, 5.41) is 21.0. The first kappa shape index (κ1) is 18.5. The van der Waals surface area contributed by atoms with E-state index in [1.807, 2.05) is 5.32 Å². The molecule has 1 aliphatic heterocycles. The highest BCUT2D eigenvalue weighted by Gasteiger charge is 2.29. The number of carbonyl (C=O) groups is 2. The summed E-state index contributed by atoms with van der Waals surface area (Å²) in [5.74, 6) is -5.11. The lowest BCUT2D eigenvalue weighted by Crippen LogP contribution is -2.37. The fraction of sp³-hybridized carbons (Fsp3) is 0.235. The first-order valence-corrected chi connectivity index (χ1v) is 7.78. The minimum Gasteiger partial charge on any atom is -0.506 e. The summed E-state index contributed by atoms with van der Waals surface area (Å²) in [6, 6.07) is 3.11. The Kier molecular flexibility index (Phi) is 4.91. The zero-order valence-electron chi connectivity index (χ0n) is 13.8. The van der Waals surface area contributed by atoms with E-state index in [0.717, 1.165) is 16.7 Å². The third kappa shape index (κ3) is 3.51. The van der Waals surface area contributed by atoms with Gasteiger partial charge < -0.3 is 24.8 Å². The molecule has 0 aliphatic carbocycles. The van der Waals surface area contributed by atoms with Crippen LogP contribution in [0.2, 0.25) is 0 Å². The number of aromatic nitrogens is 1. The highest BCUT2D eigenvalue weighted by molar-refractivity contribution is 5.98. The third-order valence-corrected chi connectivity index (χ3v) is 4.09. The second-order valence-electron chi connectivity index (χ2n) is 5.86. The Labute approximate surface area is 150 Å². The summed E-state index contributed by atoms with van der Waals surface area (Å²) >= 11 is 0. The van der Waals surface area contributed by atoms with Crippen LogP contribution in [-0.2, 0) is 29.3 Å². The summed E-state index contributed by atoms with van der Waals surface area (Å²) in [4.78, 5) is 35.6. The van der Waals surface area contributed by atoms with Gasteiger partial charge in [-0.1, -0.05) is 6.07 Å². The molecule has 2 aromatic rings. The van der Waals surface area contributed by atoms with Crippen LogP contribution in [0.15, 0.2) is 23.0 Å². The van der Waals surface area contributed by atoms with Gasteiger partial charge in [0.15, 0.2) is 11.6 Å². The number of amides is 1. The van der Waals surface area contributed by atoms with E-state index in [4.69, 9.17) is 9.84 Å². The first-order valence-electron chi connectivity index (χ1n) is 7.78. The smallest absolute Gasteiger partial charge is 0.322 e. The van der Waals surface area contributed by atoms with E-state index in [9.17, 15) is 28.3 Å². The van der Waals surface area contributed by atoms with Crippen molar-refractivity contribution in [3.8, 4) is 5.75 Å². The van der Waals surface area contributed by atoms with Gasteiger partial charge in [0.25, 0.3) is 11.5 Å². The van der Waals surface area contributed by atoms with Crippen LogP contribution in [-0.4, -0.2) is 33.2 Å². The van der Waals surface area contributed by atoms with Gasteiger partial charge >= 0.3 is 5.97 Å². The standard InChI is InChI=1S/C17H14F2N2O6/c18-10-2-1-8(3-11(10)19)5-21-12-7-27-6-9(12)15(24)14(17(21)26)16(25)20-4-13(22)23/h1-3,24H,4-7H2,(H,20,25)(H,22,23). The number of ether oxygens (including phenoxy) is 1. The quantitative estimate of drug-likeness (QED) is 0.704. The van der Waals surface area contributed by atoms with Crippen LogP contribution < -0.4 is 10.9 Å². The van der Waals surface area contributed by atoms with Crippen LogP contribution in [0.4, 0.5) is 8.78 Å². The zero-order chi connectivity index (χ0) is 19.7. The summed E-state index contributed by atoms with van der Waals surface area (Å²) in [6.07, 6.45) is 0. The SMILES string of the molecule is O=C(O)CNC(=O)c1c(O)c2c(n(Cc3ccc(F)c(F)c3)c1=O)COC2. The van der Waals surface area contributed by atoms with Crippen molar-refractivity contribution in [2.45, 2.75) is 19.8 Å². The van der Waals surface area contributed by atoms with E-state index in [2.05, 4.69) is 0 Å². The minimum absolute atomic E-state index is 0.0150. The van der Waals surface area contributed by atoms with Gasteiger partial charge in [0, 0.05) is 5.56 Å². The Morgan fingerprint density at radius 1 is 1.22 bits per heavy atom. The van der Waals surface area contributed by atoms with Crippen molar-refractivity contribution in [1.29, 1.82) is 0 Å². The number of carboxylic acids is 1. The molecule has 3 rings (SSSR count). The Morgan fingerprint density at radius 3 is 2.63 bits per heavy atom. The van der Waals surface area contributed by atoms with Crippen molar-refractivity contribution in [3.05, 3.63) is 62.6 Å². The number of carboxylic acid groups (broad SMARTS) is 1. The Morgan fingerprint density at radius 2 is 1.96 bits per heavy atom. The zero-order valence-corrected chi connectivity index (χ0v) is 13.8. The normalized spacial score (nSPS) is 12.7. The number of benzene rings is 1. The van der Waals surface area contributed by atoms with Gasteiger partial charge in [-0.15, -0.1) is 0 Å². The molecule has 8 nitrogen and oxygen atoms in total. The van der Waals surface area contributed by atoms with Crippen LogP contribution in [0.1, 0.15) is 27.2 Å². The molecule has 1 amide bonds. The van der Waals surface area contributed by atoms with Crippen molar-refractivity contribution < 1.29 is 33.3 Å². The number of rotatable bonds is 5. The first-order chi connectivity index (χ1) is 12.8. The number of aromatic hydroxyl groups is 1. The highest BCUT2D eigenvalue weighted by atomic mass is 19.2. The molecule has 2 heterocycles. The summed E-state index contributed by atoms with van der Waals surface area (Å²) in [5.41, 5.74) is -0.769. The number of nitrogens with one attached hydrogen (secondary N) is 1. The molecule has 0 bridgehead atoms. The van der Waals surface area contributed by atoms with E-state index < -0.39 is 46.9 Å². The molecule has 10 heteroatoms. The molecular formula is C17H14F2N2O6. The molecule has 0 saturated carbocycles. The average molecular weight is 380 g/mol. The van der Waals surface area contributed by atoms with Crippen LogP contribution in [0.3, 0.4) is 0 Å². The number of aliphatic carboxylic acids is 1. The van der Waals surface area contributed by atoms with Crippen molar-refractivity contribution in [2.75, 3.05) is 6.54 Å². The molecule has 0 radical (unpaired) electrons. The monoisotopic (exact) mass is 380 g/mol. The van der Waals surface area contributed by atoms with Crippen molar-refractivity contribution >= 4 is 11.9 Å². The van der Waals surface area contributed by atoms with Gasteiger partial charge in [0.2, 0.25) is 0 Å². The number of fused-ring (bicyclic) bond motifs is 1. The highest BCUT2D eigenvalue weighted by Crippen LogP contribution is 2.30. The molecular weight excluding hydrogens is 366 g/mol. The van der Waals surface area contributed by atoms with Crippen LogP contribution in [0, 0.1) is 11.6 Å². The number of hydrogen-bond acceptors (Lipinski definition) is 5. The van der Waals surface area contributed by atoms with E-state index in [0.29, 0.717) is 5.69 Å². The van der Waals surface area contributed by atoms with E-state index >= 15 is 0 Å². The largest absolute Gasteiger partial charge is 0.506 e. The predicted octanol–water partition coefficient (Wildman–Crippen LogP) is 0.725. The predicted molar refractivity (Wildman–Crippen MR) is 86.3 cm³/mol. The topological polar surface area (TPSA) is 118 Å². The average Bonchev–Trinajstić information content (AvgIpc) is 3.10. The third-order valence-electron chi connectivity index (χ3n) is 4.09. The fourth-order valence-electron chi connectivity index (χ4n) is 2.81. The molecule has 0 atom stereocenters. The van der Waals surface area contributed by atoms with Crippen molar-refractivity contribution in [2.24, 2.45) is 0 Å². The maximum atomic E-state index is 13.5. The number of hydrogen-bond donors (Lipinski definition) is 3. The second-order valence-corrected chi connectivity index (χ2v) is 5.86. The van der Waals surface area contributed by atoms with Gasteiger partial charge in [-0.3, -0.25) is 14.4 Å². The molecule has 1 aromatic carbocycles. The van der Waals surface area contributed by atoms with Crippen LogP contribution >= 0.6 is 0 Å². The van der Waals surface area contributed by atoms with Gasteiger partial charge in [-0.25, -0.2) is 8.78 Å². The molecule has 3 N–H and O–H groups in total. The lowest BCUT2D eigenvalue weighted by molar-refractivity contribution is -0.135. The molecule has 142 valence electrons. The lowest BCUT2D eigenvalue weighted by atomic mass is 10.1. The fourth-order valence-corrected chi connectivity index (χ4v) is 2.81. The Balaban J connectivity index is 2.08. The maximum Gasteiger partial charge on any atom is 0.322 e. The molecule has 0 fully saturated rings. The van der Waals surface area contributed by atoms with E-state index in [-0.39, 0.29) is 30.9 Å². The van der Waals surface area contributed by atoms with Gasteiger partial charge in [0.1, 0.15) is 17.9 Å². The molecule has 1 aromatic heterocycles. The molecule has 0 spiro atoms. The van der Waals surface area contributed by atoms with Gasteiger partial charge in [0.05, 0.1) is 25.5 Å². The summed E-state index contributed by atoms with van der Waals surface area (Å²) in [7, 11) is 0. The van der Waals surface area contributed by atoms with Gasteiger partial charge in [-0.05, 0) is 17.7 Å². The molecule has 1 aliphatic rings. The van der Waals surface area contributed by atoms with E-state index in [1.165, 1.54) is 6.07 Å². The number of pyridine rings is 1. The molecule has 0 unspecified atom stereocenters. The molecule has 0 saturated heterocycles. The summed E-state index contributed by atoms with van der Waals surface area (Å²) < 4.78 is 32.9. The lowest BCUT2D eigenvalue weighted by Gasteiger charge is -2.15. The maximum absolute atomic E-state index is 13.5. The Bertz CT molecular complexity index is 1000. The van der Waals surface area contributed by atoms with Gasteiger partial charge in [-0.2, -0.15) is 0 Å². The summed E-state index contributed by atoms with van der Waals surface area (Å²) in [6.45, 7) is -1.01. The second kappa shape index (κ2) is 7.16. The number of halogens is 2. The minimum atomic E-state index is -1.32. The van der Waals surface area contributed by atoms with Crippen molar-refractivity contribution in [1.82, 2.24) is 9.88 Å². The van der Waals surface area contributed by atoms with E-state index in [1.54, 1.807) is 0 Å². The number of nitrogens with zero attached hydrogens (tertiary/aromatic N) is 1. The molecule has 27 heavy (non-hydrogen) atoms.